The average Bonchev–Trinajstić information content (AvgIpc) is 3.76. The van der Waals surface area contributed by atoms with Crippen LogP contribution in [0.15, 0.2) is 170 Å². The molecule has 1 aliphatic heterocycles. The number of benzene rings is 6. The third-order valence-corrected chi connectivity index (χ3v) is 11.5. The Morgan fingerprint density at radius 2 is 1.07 bits per heavy atom. The molecule has 0 unspecified atom stereocenters. The van der Waals surface area contributed by atoms with Crippen molar-refractivity contribution in [3.05, 3.63) is 198 Å². The first-order valence-corrected chi connectivity index (χ1v) is 19.4. The Morgan fingerprint density at radius 3 is 1.76 bits per heavy atom. The van der Waals surface area contributed by atoms with Crippen LogP contribution in [0.1, 0.15) is 69.4 Å². The molecular formula is C51H48N4. The van der Waals surface area contributed by atoms with Crippen LogP contribution in [0.2, 0.25) is 0 Å². The second-order valence-electron chi connectivity index (χ2n) is 16.9. The van der Waals surface area contributed by atoms with E-state index < -0.39 is 5.41 Å². The summed E-state index contributed by atoms with van der Waals surface area (Å²) in [6, 6.07) is 60.4. The molecule has 0 atom stereocenters. The molecule has 272 valence electrons. The summed E-state index contributed by atoms with van der Waals surface area (Å²) in [5.74, 6) is 0.930. The van der Waals surface area contributed by atoms with E-state index in [2.05, 4.69) is 220 Å². The zero-order valence-corrected chi connectivity index (χ0v) is 32.7. The fraction of sp³-hybridized carbons (Fsp3) is 0.196. The van der Waals surface area contributed by atoms with Gasteiger partial charge in [0.05, 0.1) is 34.5 Å². The molecule has 0 N–H and O–H groups in total. The lowest BCUT2D eigenvalue weighted by Crippen LogP contribution is -2.42. The molecule has 0 aliphatic carbocycles. The summed E-state index contributed by atoms with van der Waals surface area (Å²) < 4.78 is 2.36. The van der Waals surface area contributed by atoms with Crippen molar-refractivity contribution in [3.63, 3.8) is 0 Å². The first-order valence-electron chi connectivity index (χ1n) is 19.4. The van der Waals surface area contributed by atoms with Gasteiger partial charge < -0.3 is 9.80 Å². The molecule has 9 rings (SSSR count). The lowest BCUT2D eigenvalue weighted by atomic mass is 9.65. The summed E-state index contributed by atoms with van der Waals surface area (Å²) in [6.07, 6.45) is 1.96. The fourth-order valence-corrected chi connectivity index (χ4v) is 8.75. The van der Waals surface area contributed by atoms with Crippen molar-refractivity contribution in [1.29, 1.82) is 0 Å². The Hall–Kier alpha value is -6.13. The van der Waals surface area contributed by atoms with E-state index in [1.165, 1.54) is 55.7 Å². The summed E-state index contributed by atoms with van der Waals surface area (Å²) in [5.41, 5.74) is 11.4. The summed E-state index contributed by atoms with van der Waals surface area (Å²) in [4.78, 5) is 9.99. The molecule has 0 fully saturated rings. The Labute approximate surface area is 325 Å². The van der Waals surface area contributed by atoms with Crippen LogP contribution in [-0.2, 0) is 10.8 Å². The van der Waals surface area contributed by atoms with Gasteiger partial charge in [-0.25, -0.2) is 4.98 Å². The maximum absolute atomic E-state index is 5.01. The van der Waals surface area contributed by atoms with E-state index in [9.17, 15) is 0 Å². The minimum atomic E-state index is -0.641. The minimum Gasteiger partial charge on any atom is -0.347 e. The second-order valence-corrected chi connectivity index (χ2v) is 16.9. The van der Waals surface area contributed by atoms with Crippen LogP contribution in [0.5, 0.6) is 0 Å². The monoisotopic (exact) mass is 716 g/mol. The lowest BCUT2D eigenvalue weighted by molar-refractivity contribution is 0.518. The summed E-state index contributed by atoms with van der Waals surface area (Å²) in [7, 11) is 0. The zero-order chi connectivity index (χ0) is 38.0. The normalized spacial score (nSPS) is 13.5. The van der Waals surface area contributed by atoms with Gasteiger partial charge in [-0.15, -0.1) is 0 Å². The van der Waals surface area contributed by atoms with Gasteiger partial charge in [-0.1, -0.05) is 136 Å². The summed E-state index contributed by atoms with van der Waals surface area (Å²) >= 11 is 0. The maximum Gasteiger partial charge on any atom is 0.137 e. The quantitative estimate of drug-likeness (QED) is 0.160. The minimum absolute atomic E-state index is 0.0117. The highest BCUT2D eigenvalue weighted by atomic mass is 15.4. The largest absolute Gasteiger partial charge is 0.347 e. The van der Waals surface area contributed by atoms with Gasteiger partial charge in [0.15, 0.2) is 0 Å². The third-order valence-electron chi connectivity index (χ3n) is 11.5. The van der Waals surface area contributed by atoms with Crippen LogP contribution in [0, 0.1) is 0 Å². The van der Waals surface area contributed by atoms with Crippen molar-refractivity contribution in [3.8, 4) is 5.82 Å². The molecule has 0 spiro atoms. The maximum atomic E-state index is 5.01. The highest BCUT2D eigenvalue weighted by Gasteiger charge is 2.40. The zero-order valence-electron chi connectivity index (χ0n) is 32.7. The molecule has 0 amide bonds. The number of pyridine rings is 1. The van der Waals surface area contributed by atoms with E-state index in [0.717, 1.165) is 23.5 Å². The number of nitrogens with zero attached hydrogens (tertiary/aromatic N) is 4. The van der Waals surface area contributed by atoms with Gasteiger partial charge in [0, 0.05) is 28.2 Å². The van der Waals surface area contributed by atoms with E-state index in [-0.39, 0.29) is 11.0 Å². The van der Waals surface area contributed by atoms with Crippen molar-refractivity contribution in [1.82, 2.24) is 9.55 Å². The van der Waals surface area contributed by atoms with Gasteiger partial charge in [0.2, 0.25) is 0 Å². The van der Waals surface area contributed by atoms with Gasteiger partial charge >= 0.3 is 0 Å². The number of para-hydroxylation sites is 3. The topological polar surface area (TPSA) is 24.3 Å². The Balaban J connectivity index is 1.33. The highest BCUT2D eigenvalue weighted by Crippen LogP contribution is 2.49. The predicted octanol–water partition coefficient (Wildman–Crippen LogP) is 12.6. The van der Waals surface area contributed by atoms with Crippen LogP contribution < -0.4 is 9.80 Å². The second kappa shape index (κ2) is 13.0. The predicted molar refractivity (Wildman–Crippen MR) is 231 cm³/mol. The Morgan fingerprint density at radius 1 is 0.473 bits per heavy atom. The molecule has 0 saturated carbocycles. The van der Waals surface area contributed by atoms with Crippen molar-refractivity contribution in [2.75, 3.05) is 16.5 Å². The first-order chi connectivity index (χ1) is 26.5. The molecular weight excluding hydrogens is 669 g/mol. The molecule has 55 heavy (non-hydrogen) atoms. The van der Waals surface area contributed by atoms with E-state index in [1.807, 2.05) is 6.20 Å². The van der Waals surface area contributed by atoms with E-state index in [1.54, 1.807) is 0 Å². The molecule has 0 radical (unpaired) electrons. The Bertz CT molecular complexity index is 2620. The van der Waals surface area contributed by atoms with Crippen molar-refractivity contribution in [2.24, 2.45) is 0 Å². The van der Waals surface area contributed by atoms with Crippen molar-refractivity contribution < 1.29 is 0 Å². The number of rotatable bonds is 6. The van der Waals surface area contributed by atoms with Gasteiger partial charge in [-0.3, -0.25) is 4.57 Å². The number of fused-ring (bicyclic) bond motifs is 4. The number of hydrogen-bond acceptors (Lipinski definition) is 3. The van der Waals surface area contributed by atoms with Crippen LogP contribution in [0.4, 0.5) is 17.1 Å². The molecule has 0 bridgehead atoms. The smallest absolute Gasteiger partial charge is 0.137 e. The fourth-order valence-electron chi connectivity index (χ4n) is 8.75. The summed E-state index contributed by atoms with van der Waals surface area (Å²) in [6.45, 7) is 14.5. The highest BCUT2D eigenvalue weighted by molar-refractivity contribution is 6.09. The van der Waals surface area contributed by atoms with Crippen LogP contribution in [0.3, 0.4) is 0 Å². The molecule has 1 aliphatic rings. The van der Waals surface area contributed by atoms with Gasteiger partial charge in [-0.2, -0.15) is 0 Å². The molecule has 6 aromatic carbocycles. The molecule has 2 aromatic heterocycles. The lowest BCUT2D eigenvalue weighted by Gasteiger charge is -2.38. The van der Waals surface area contributed by atoms with Gasteiger partial charge in [-0.05, 0) is 103 Å². The molecule has 4 heteroatoms. The molecule has 8 aromatic rings. The number of anilines is 3. The first kappa shape index (κ1) is 34.6. The number of aromatic nitrogens is 2. The Kier molecular flexibility index (Phi) is 8.20. The van der Waals surface area contributed by atoms with E-state index in [0.29, 0.717) is 0 Å². The third kappa shape index (κ3) is 5.71. The standard InChI is InChI=1S/C51H48N4/c1-49(2,3)38-30-31-52-48(34-38)55-44-25-14-13-24-42(44)43-29-28-40(33-47(43)55)51(36-18-9-7-10-19-36,37-20-11-8-12-21-37)39-22-17-23-41(32-39)53-35-54(50(4,5)6)46-27-16-15-26-45(46)53/h7-34H,35H2,1-6H3. The van der Waals surface area contributed by atoms with E-state index >= 15 is 0 Å². The van der Waals surface area contributed by atoms with Crippen molar-refractivity contribution in [2.45, 2.75) is 57.9 Å². The molecule has 3 heterocycles. The van der Waals surface area contributed by atoms with Crippen LogP contribution in [0.25, 0.3) is 27.6 Å². The van der Waals surface area contributed by atoms with Crippen LogP contribution in [-0.4, -0.2) is 21.8 Å². The van der Waals surface area contributed by atoms with E-state index in [4.69, 9.17) is 4.98 Å². The molecule has 4 nitrogen and oxygen atoms in total. The van der Waals surface area contributed by atoms with Crippen LogP contribution >= 0.6 is 0 Å². The SMILES string of the molecule is CC(C)(C)c1ccnc(-n2c3ccccc3c3ccc(C(c4ccccc4)(c4ccccc4)c4cccc(N5CN(C(C)(C)C)c6ccccc65)c4)cc32)c1. The average molecular weight is 717 g/mol. The van der Waals surface area contributed by atoms with Gasteiger partial charge in [0.25, 0.3) is 0 Å². The molecule has 0 saturated heterocycles. The number of hydrogen-bond donors (Lipinski definition) is 0. The summed E-state index contributed by atoms with van der Waals surface area (Å²) in [5, 5.41) is 2.43. The van der Waals surface area contributed by atoms with Gasteiger partial charge in [0.1, 0.15) is 5.82 Å². The van der Waals surface area contributed by atoms with Crippen molar-refractivity contribution >= 4 is 38.9 Å².